The molecule has 0 radical (unpaired) electrons. The van der Waals surface area contributed by atoms with Crippen molar-refractivity contribution in [2.24, 2.45) is 0 Å². The van der Waals surface area contributed by atoms with E-state index in [-0.39, 0.29) is 12.6 Å². The molecule has 0 saturated carbocycles. The number of morpholine rings is 1. The quantitative estimate of drug-likeness (QED) is 0.392. The highest BCUT2D eigenvalue weighted by molar-refractivity contribution is 6.32. The van der Waals surface area contributed by atoms with E-state index in [2.05, 4.69) is 25.4 Å². The summed E-state index contributed by atoms with van der Waals surface area (Å²) in [6.45, 7) is 2.47. The second-order valence-electron chi connectivity index (χ2n) is 7.64. The van der Waals surface area contributed by atoms with Gasteiger partial charge in [-0.1, -0.05) is 11.6 Å². The maximum absolute atomic E-state index is 12.5. The summed E-state index contributed by atoms with van der Waals surface area (Å²) in [4.78, 5) is 27.1. The molecule has 1 N–H and O–H groups in total. The molecule has 4 heterocycles. The molecule has 1 aliphatic heterocycles. The van der Waals surface area contributed by atoms with E-state index < -0.39 is 0 Å². The third-order valence-corrected chi connectivity index (χ3v) is 5.63. The van der Waals surface area contributed by atoms with Crippen molar-refractivity contribution < 1.29 is 14.3 Å². The van der Waals surface area contributed by atoms with Gasteiger partial charge in [-0.3, -0.25) is 9.78 Å². The zero-order chi connectivity index (χ0) is 24.0. The van der Waals surface area contributed by atoms with Crippen LogP contribution in [-0.4, -0.2) is 68.6 Å². The van der Waals surface area contributed by atoms with Crippen molar-refractivity contribution in [3.63, 3.8) is 0 Å². The number of carbonyl (C=O) groups is 1. The molecule has 0 aliphatic carbocycles. The highest BCUT2D eigenvalue weighted by atomic mass is 35.5. The molecule has 0 unspecified atom stereocenters. The average Bonchev–Trinajstić information content (AvgIpc) is 3.41. The van der Waals surface area contributed by atoms with Gasteiger partial charge in [0.1, 0.15) is 17.1 Å². The zero-order valence-corrected chi connectivity index (χ0v) is 19.4. The molecule has 1 amide bonds. The van der Waals surface area contributed by atoms with Gasteiger partial charge in [0.2, 0.25) is 5.95 Å². The van der Waals surface area contributed by atoms with Crippen LogP contribution in [0.15, 0.2) is 67.3 Å². The third kappa shape index (κ3) is 5.39. The Kier molecular flexibility index (Phi) is 6.82. The number of carbonyl (C=O) groups excluding carboxylic acids is 1. The second kappa shape index (κ2) is 10.5. The lowest BCUT2D eigenvalue weighted by Crippen LogP contribution is -2.40. The van der Waals surface area contributed by atoms with Crippen molar-refractivity contribution in [1.29, 1.82) is 0 Å². The van der Waals surface area contributed by atoms with Crippen LogP contribution in [0.4, 0.5) is 5.95 Å². The van der Waals surface area contributed by atoms with E-state index >= 15 is 0 Å². The number of nitrogens with one attached hydrogen (secondary N) is 1. The molecular weight excluding hydrogens is 470 g/mol. The third-order valence-electron chi connectivity index (χ3n) is 5.35. The van der Waals surface area contributed by atoms with E-state index in [4.69, 9.17) is 21.1 Å². The van der Waals surface area contributed by atoms with Gasteiger partial charge in [0.15, 0.2) is 6.73 Å². The summed E-state index contributed by atoms with van der Waals surface area (Å²) in [5.41, 5.74) is 2.54. The van der Waals surface area contributed by atoms with Gasteiger partial charge in [0, 0.05) is 31.0 Å². The molecule has 5 rings (SSSR count). The summed E-state index contributed by atoms with van der Waals surface area (Å²) >= 11 is 6.33. The predicted molar refractivity (Wildman–Crippen MR) is 130 cm³/mol. The molecule has 3 aromatic heterocycles. The van der Waals surface area contributed by atoms with Crippen molar-refractivity contribution in [2.75, 3.05) is 38.4 Å². The number of halogens is 1. The first kappa shape index (κ1) is 22.8. The fourth-order valence-electron chi connectivity index (χ4n) is 3.54. The van der Waals surface area contributed by atoms with Gasteiger partial charge < -0.3 is 19.7 Å². The molecule has 4 aromatic rings. The first-order valence-corrected chi connectivity index (χ1v) is 11.4. The Bertz CT molecular complexity index is 1290. The van der Waals surface area contributed by atoms with E-state index in [9.17, 15) is 4.79 Å². The molecule has 0 bridgehead atoms. The Balaban J connectivity index is 1.20. The Morgan fingerprint density at radius 2 is 1.94 bits per heavy atom. The molecule has 10 nitrogen and oxygen atoms in total. The minimum atomic E-state index is -0.00830. The van der Waals surface area contributed by atoms with E-state index in [1.807, 2.05) is 24.4 Å². The van der Waals surface area contributed by atoms with Crippen LogP contribution in [0.5, 0.6) is 5.75 Å². The van der Waals surface area contributed by atoms with Crippen LogP contribution in [0.25, 0.3) is 17.1 Å². The Morgan fingerprint density at radius 3 is 2.71 bits per heavy atom. The van der Waals surface area contributed by atoms with Crippen LogP contribution >= 0.6 is 11.6 Å². The minimum Gasteiger partial charge on any atom is -0.473 e. The highest BCUT2D eigenvalue weighted by Gasteiger charge is 2.18. The largest absolute Gasteiger partial charge is 0.473 e. The summed E-state index contributed by atoms with van der Waals surface area (Å²) in [6, 6.07) is 12.6. The first-order chi connectivity index (χ1) is 17.2. The summed E-state index contributed by atoms with van der Waals surface area (Å²) < 4.78 is 12.7. The number of pyridine rings is 1. The summed E-state index contributed by atoms with van der Waals surface area (Å²) in [6.07, 6.45) is 6.75. The topological polar surface area (TPSA) is 107 Å². The number of benzene rings is 1. The zero-order valence-electron chi connectivity index (χ0n) is 18.7. The molecule has 35 heavy (non-hydrogen) atoms. The Labute approximate surface area is 206 Å². The van der Waals surface area contributed by atoms with Gasteiger partial charge in [0.05, 0.1) is 36.3 Å². The maximum Gasteiger partial charge on any atom is 0.254 e. The van der Waals surface area contributed by atoms with Crippen molar-refractivity contribution in [1.82, 2.24) is 29.6 Å². The van der Waals surface area contributed by atoms with Crippen LogP contribution in [-0.2, 0) is 4.74 Å². The number of amides is 1. The summed E-state index contributed by atoms with van der Waals surface area (Å²) in [5.74, 6) is 0.950. The normalized spacial score (nSPS) is 13.5. The lowest BCUT2D eigenvalue weighted by Gasteiger charge is -2.26. The molecule has 0 atom stereocenters. The lowest BCUT2D eigenvalue weighted by atomic mass is 10.2. The fourth-order valence-corrected chi connectivity index (χ4v) is 3.73. The van der Waals surface area contributed by atoms with E-state index in [0.29, 0.717) is 60.0 Å². The molecular formula is C24H22ClN7O3. The molecule has 11 heteroatoms. The number of hydrogen-bond acceptors (Lipinski definition) is 8. The molecule has 1 aromatic carbocycles. The molecule has 1 fully saturated rings. The molecule has 1 aliphatic rings. The molecule has 1 saturated heterocycles. The number of aromatic nitrogens is 5. The Morgan fingerprint density at radius 1 is 1.11 bits per heavy atom. The SMILES string of the molecule is O=C(c1ccc(OCNc2ncc(Cl)c(-c3ccn(-c4cccnc4)n3)n2)cc1)N1CCOCC1. The molecule has 178 valence electrons. The lowest BCUT2D eigenvalue weighted by molar-refractivity contribution is 0.0303. The minimum absolute atomic E-state index is 0.00830. The number of ether oxygens (including phenoxy) is 2. The first-order valence-electron chi connectivity index (χ1n) is 11.0. The maximum atomic E-state index is 12.5. The van der Waals surface area contributed by atoms with Gasteiger partial charge in [-0.15, -0.1) is 0 Å². The van der Waals surface area contributed by atoms with Crippen molar-refractivity contribution >= 4 is 23.5 Å². The predicted octanol–water partition coefficient (Wildman–Crippen LogP) is 3.30. The van der Waals surface area contributed by atoms with Crippen LogP contribution in [0.2, 0.25) is 5.02 Å². The summed E-state index contributed by atoms with van der Waals surface area (Å²) in [5, 5.41) is 7.95. The van der Waals surface area contributed by atoms with Crippen molar-refractivity contribution in [2.45, 2.75) is 0 Å². The highest BCUT2D eigenvalue weighted by Crippen LogP contribution is 2.25. The van der Waals surface area contributed by atoms with E-state index in [1.165, 1.54) is 6.20 Å². The second-order valence-corrected chi connectivity index (χ2v) is 8.05. The van der Waals surface area contributed by atoms with Crippen LogP contribution in [0, 0.1) is 0 Å². The summed E-state index contributed by atoms with van der Waals surface area (Å²) in [7, 11) is 0. The Hall–Kier alpha value is -4.02. The van der Waals surface area contributed by atoms with Gasteiger partial charge in [-0.25, -0.2) is 14.6 Å². The van der Waals surface area contributed by atoms with Crippen molar-refractivity contribution in [3.8, 4) is 22.8 Å². The standard InChI is InChI=1S/C24H22ClN7O3/c25-20-15-27-24(29-22(20)21-7-9-32(30-21)18-2-1-8-26-14-18)28-16-35-19-5-3-17(4-6-19)23(33)31-10-12-34-13-11-31/h1-9,14-15H,10-13,16H2,(H,27,28,29). The van der Waals surface area contributed by atoms with Crippen LogP contribution in [0.3, 0.4) is 0 Å². The van der Waals surface area contributed by atoms with E-state index in [0.717, 1.165) is 5.69 Å². The van der Waals surface area contributed by atoms with E-state index in [1.54, 1.807) is 46.2 Å². The van der Waals surface area contributed by atoms with Crippen LogP contribution < -0.4 is 10.1 Å². The van der Waals surface area contributed by atoms with Crippen LogP contribution in [0.1, 0.15) is 10.4 Å². The number of hydrogen-bond donors (Lipinski definition) is 1. The van der Waals surface area contributed by atoms with Gasteiger partial charge >= 0.3 is 0 Å². The average molecular weight is 492 g/mol. The van der Waals surface area contributed by atoms with Gasteiger partial charge in [-0.2, -0.15) is 5.10 Å². The number of rotatable bonds is 7. The van der Waals surface area contributed by atoms with Gasteiger partial charge in [-0.05, 0) is 42.5 Å². The van der Waals surface area contributed by atoms with Gasteiger partial charge in [0.25, 0.3) is 5.91 Å². The monoisotopic (exact) mass is 491 g/mol. The fraction of sp³-hybridized carbons (Fsp3) is 0.208. The number of anilines is 1. The van der Waals surface area contributed by atoms with Crippen molar-refractivity contribution in [3.05, 3.63) is 77.8 Å². The smallest absolute Gasteiger partial charge is 0.254 e. The molecule has 0 spiro atoms. The number of nitrogens with zero attached hydrogens (tertiary/aromatic N) is 6.